The number of benzene rings is 2. The molecule has 1 heterocycles. The Morgan fingerprint density at radius 1 is 1.00 bits per heavy atom. The lowest BCUT2D eigenvalue weighted by Crippen LogP contribution is -2.14. The first-order valence-corrected chi connectivity index (χ1v) is 10.1. The first-order valence-electron chi connectivity index (χ1n) is 8.13. The topological polar surface area (TPSA) is 71.3 Å². The molecule has 2 N–H and O–H groups in total. The summed E-state index contributed by atoms with van der Waals surface area (Å²) in [7, 11) is 0. The van der Waals surface area contributed by atoms with Crippen molar-refractivity contribution >= 4 is 50.9 Å². The van der Waals surface area contributed by atoms with Gasteiger partial charge < -0.3 is 15.1 Å². The summed E-state index contributed by atoms with van der Waals surface area (Å²) >= 11 is 4.79. The van der Waals surface area contributed by atoms with Gasteiger partial charge in [-0.05, 0) is 70.2 Å². The van der Waals surface area contributed by atoms with E-state index in [9.17, 15) is 9.59 Å². The van der Waals surface area contributed by atoms with E-state index < -0.39 is 0 Å². The summed E-state index contributed by atoms with van der Waals surface area (Å²) in [5, 5.41) is 5.65. The molecule has 0 aliphatic rings. The highest BCUT2D eigenvalue weighted by atomic mass is 79.9. The van der Waals surface area contributed by atoms with Gasteiger partial charge in [0.05, 0.1) is 6.42 Å². The van der Waals surface area contributed by atoms with Crippen molar-refractivity contribution in [2.24, 2.45) is 0 Å². The standard InChI is InChI=1S/C20H17BrN2O3S/c1-27-16-4-2-3-15(12-16)22-19(24)11-13-5-7-14(8-6-13)23-20(25)17-9-10-18(21)26-17/h2-10,12H,11H2,1H3,(H,22,24)(H,23,25). The first kappa shape index (κ1) is 19.3. The predicted octanol–water partition coefficient (Wildman–Crippen LogP) is 5.20. The maximum absolute atomic E-state index is 12.2. The SMILES string of the molecule is CSc1cccc(NC(=O)Cc2ccc(NC(=O)c3ccc(Br)o3)cc2)c1. The van der Waals surface area contributed by atoms with Crippen LogP contribution in [0.3, 0.4) is 0 Å². The molecule has 0 atom stereocenters. The number of carbonyl (C=O) groups is 2. The summed E-state index contributed by atoms with van der Waals surface area (Å²) in [6.07, 6.45) is 2.24. The Hall–Kier alpha value is -2.51. The lowest BCUT2D eigenvalue weighted by atomic mass is 10.1. The van der Waals surface area contributed by atoms with Gasteiger partial charge in [0, 0.05) is 16.3 Å². The lowest BCUT2D eigenvalue weighted by molar-refractivity contribution is -0.115. The van der Waals surface area contributed by atoms with E-state index in [-0.39, 0.29) is 24.0 Å². The van der Waals surface area contributed by atoms with Crippen molar-refractivity contribution in [1.82, 2.24) is 0 Å². The Bertz CT molecular complexity index is 954. The zero-order valence-corrected chi connectivity index (χ0v) is 16.9. The van der Waals surface area contributed by atoms with Gasteiger partial charge in [-0.2, -0.15) is 0 Å². The first-order chi connectivity index (χ1) is 13.0. The van der Waals surface area contributed by atoms with Gasteiger partial charge in [0.2, 0.25) is 5.91 Å². The average molecular weight is 445 g/mol. The van der Waals surface area contributed by atoms with E-state index >= 15 is 0 Å². The molecule has 0 spiro atoms. The predicted molar refractivity (Wildman–Crippen MR) is 111 cm³/mol. The molecule has 5 nitrogen and oxygen atoms in total. The minimum atomic E-state index is -0.333. The molecule has 0 saturated carbocycles. The average Bonchev–Trinajstić information content (AvgIpc) is 3.10. The quantitative estimate of drug-likeness (QED) is 0.512. The number of carbonyl (C=O) groups excluding carboxylic acids is 2. The largest absolute Gasteiger partial charge is 0.444 e. The van der Waals surface area contributed by atoms with Crippen LogP contribution in [0.4, 0.5) is 11.4 Å². The number of hydrogen-bond donors (Lipinski definition) is 2. The van der Waals surface area contributed by atoms with E-state index in [1.54, 1.807) is 36.0 Å². The highest BCUT2D eigenvalue weighted by molar-refractivity contribution is 9.10. The van der Waals surface area contributed by atoms with E-state index in [0.717, 1.165) is 16.1 Å². The van der Waals surface area contributed by atoms with Gasteiger partial charge in [0.15, 0.2) is 10.4 Å². The smallest absolute Gasteiger partial charge is 0.291 e. The maximum Gasteiger partial charge on any atom is 0.291 e. The molecule has 0 aliphatic carbocycles. The molecule has 3 rings (SSSR count). The third kappa shape index (κ3) is 5.48. The second kappa shape index (κ2) is 8.92. The number of rotatable bonds is 6. The molecule has 0 saturated heterocycles. The number of nitrogens with one attached hydrogen (secondary N) is 2. The molecule has 2 amide bonds. The Morgan fingerprint density at radius 2 is 1.78 bits per heavy atom. The normalized spacial score (nSPS) is 10.4. The molecular formula is C20H17BrN2O3S. The molecule has 0 unspecified atom stereocenters. The molecule has 3 aromatic rings. The van der Waals surface area contributed by atoms with E-state index in [2.05, 4.69) is 26.6 Å². The van der Waals surface area contributed by atoms with Gasteiger partial charge in [-0.15, -0.1) is 11.8 Å². The van der Waals surface area contributed by atoms with E-state index in [1.807, 2.05) is 42.7 Å². The summed E-state index contributed by atoms with van der Waals surface area (Å²) in [6, 6.07) is 18.1. The summed E-state index contributed by atoms with van der Waals surface area (Å²) < 4.78 is 5.71. The minimum absolute atomic E-state index is 0.0922. The number of hydrogen-bond acceptors (Lipinski definition) is 4. The molecule has 0 radical (unpaired) electrons. The van der Waals surface area contributed by atoms with Crippen LogP contribution in [0.1, 0.15) is 16.1 Å². The number of thioether (sulfide) groups is 1. The molecule has 2 aromatic carbocycles. The molecule has 7 heteroatoms. The van der Waals surface area contributed by atoms with E-state index in [1.165, 1.54) is 0 Å². The Morgan fingerprint density at radius 3 is 2.44 bits per heavy atom. The lowest BCUT2D eigenvalue weighted by Gasteiger charge is -2.08. The molecule has 1 aromatic heterocycles. The Kier molecular flexibility index (Phi) is 6.36. The van der Waals surface area contributed by atoms with Gasteiger partial charge in [-0.1, -0.05) is 18.2 Å². The van der Waals surface area contributed by atoms with Crippen LogP contribution in [0.15, 0.2) is 74.6 Å². The molecule has 0 aliphatic heterocycles. The fraction of sp³-hybridized carbons (Fsp3) is 0.100. The maximum atomic E-state index is 12.2. The molecule has 0 fully saturated rings. The fourth-order valence-corrected chi connectivity index (χ4v) is 3.19. The van der Waals surface area contributed by atoms with E-state index in [4.69, 9.17) is 4.42 Å². The molecule has 0 bridgehead atoms. The number of halogens is 1. The van der Waals surface area contributed by atoms with Gasteiger partial charge >= 0.3 is 0 Å². The van der Waals surface area contributed by atoms with Crippen LogP contribution in [0.5, 0.6) is 0 Å². The molecular weight excluding hydrogens is 428 g/mol. The van der Waals surface area contributed by atoms with Gasteiger partial charge in [-0.25, -0.2) is 0 Å². The van der Waals surface area contributed by atoms with Crippen molar-refractivity contribution in [3.8, 4) is 0 Å². The monoisotopic (exact) mass is 444 g/mol. The highest BCUT2D eigenvalue weighted by Gasteiger charge is 2.11. The molecule has 138 valence electrons. The van der Waals surface area contributed by atoms with Crippen molar-refractivity contribution < 1.29 is 14.0 Å². The zero-order valence-electron chi connectivity index (χ0n) is 14.5. The van der Waals surface area contributed by atoms with Gasteiger partial charge in [0.25, 0.3) is 5.91 Å². The van der Waals surface area contributed by atoms with Crippen molar-refractivity contribution in [3.63, 3.8) is 0 Å². The summed E-state index contributed by atoms with van der Waals surface area (Å²) in [5.74, 6) is -0.205. The minimum Gasteiger partial charge on any atom is -0.444 e. The van der Waals surface area contributed by atoms with Crippen LogP contribution < -0.4 is 10.6 Å². The number of amides is 2. The van der Waals surface area contributed by atoms with Crippen LogP contribution in [0, 0.1) is 0 Å². The summed E-state index contributed by atoms with van der Waals surface area (Å²) in [6.45, 7) is 0. The van der Waals surface area contributed by atoms with Gasteiger partial charge in [-0.3, -0.25) is 9.59 Å². The van der Waals surface area contributed by atoms with Crippen LogP contribution in [-0.4, -0.2) is 18.1 Å². The second-order valence-electron chi connectivity index (χ2n) is 5.71. The fourth-order valence-electron chi connectivity index (χ4n) is 2.43. The van der Waals surface area contributed by atoms with Crippen molar-refractivity contribution in [2.45, 2.75) is 11.3 Å². The molecule has 27 heavy (non-hydrogen) atoms. The zero-order chi connectivity index (χ0) is 19.2. The number of furan rings is 1. The summed E-state index contributed by atoms with van der Waals surface area (Å²) in [5.41, 5.74) is 2.26. The van der Waals surface area contributed by atoms with Crippen LogP contribution in [0.2, 0.25) is 0 Å². The Labute approximate surface area is 169 Å². The van der Waals surface area contributed by atoms with Crippen molar-refractivity contribution in [2.75, 3.05) is 16.9 Å². The number of anilines is 2. The van der Waals surface area contributed by atoms with E-state index in [0.29, 0.717) is 10.4 Å². The van der Waals surface area contributed by atoms with Crippen molar-refractivity contribution in [3.05, 3.63) is 76.7 Å². The third-order valence-corrected chi connectivity index (χ3v) is 4.88. The van der Waals surface area contributed by atoms with Crippen LogP contribution in [0.25, 0.3) is 0 Å². The summed E-state index contributed by atoms with van der Waals surface area (Å²) in [4.78, 5) is 25.4. The van der Waals surface area contributed by atoms with Crippen molar-refractivity contribution in [1.29, 1.82) is 0 Å². The highest BCUT2D eigenvalue weighted by Crippen LogP contribution is 2.20. The van der Waals surface area contributed by atoms with Crippen LogP contribution >= 0.6 is 27.7 Å². The Balaban J connectivity index is 1.56. The third-order valence-electron chi connectivity index (χ3n) is 3.73. The van der Waals surface area contributed by atoms with Gasteiger partial charge in [0.1, 0.15) is 0 Å². The second-order valence-corrected chi connectivity index (χ2v) is 7.37. The van der Waals surface area contributed by atoms with Crippen LogP contribution in [-0.2, 0) is 11.2 Å².